The third-order valence-corrected chi connectivity index (χ3v) is 4.46. The normalized spacial score (nSPS) is 16.6. The van der Waals surface area contributed by atoms with Gasteiger partial charge in [-0.3, -0.25) is 9.78 Å². The van der Waals surface area contributed by atoms with Crippen molar-refractivity contribution in [1.82, 2.24) is 25.0 Å². The molecule has 1 aromatic carbocycles. The summed E-state index contributed by atoms with van der Waals surface area (Å²) in [5.41, 5.74) is 1.97. The Morgan fingerprint density at radius 2 is 1.95 bits per heavy atom. The van der Waals surface area contributed by atoms with E-state index in [1.54, 1.807) is 0 Å². The molecule has 4 rings (SSSR count). The molecule has 0 bridgehead atoms. The van der Waals surface area contributed by atoms with Crippen molar-refractivity contribution in [2.75, 3.05) is 0 Å². The first kappa shape index (κ1) is 12.6. The fraction of sp³-hybridized carbons (Fsp3) is 0.438. The van der Waals surface area contributed by atoms with Gasteiger partial charge in [0.1, 0.15) is 11.5 Å². The van der Waals surface area contributed by atoms with Crippen molar-refractivity contribution in [1.29, 1.82) is 0 Å². The standard InChI is InChI=1S/C16H19N5/c1-21-13-10-6-5-9-12(13)14(20-21)16-17-15(18-19-16)11-7-3-2-4-8-11/h5-6,9-11H,2-4,7-8H2,1H3,(H,17,18,19). The van der Waals surface area contributed by atoms with Crippen LogP contribution in [0.25, 0.3) is 22.4 Å². The van der Waals surface area contributed by atoms with Gasteiger partial charge in [0.2, 0.25) is 5.82 Å². The summed E-state index contributed by atoms with van der Waals surface area (Å²) in [5.74, 6) is 2.28. The van der Waals surface area contributed by atoms with Crippen LogP contribution >= 0.6 is 0 Å². The number of nitrogens with one attached hydrogen (secondary N) is 1. The van der Waals surface area contributed by atoms with Crippen LogP contribution in [0.3, 0.4) is 0 Å². The monoisotopic (exact) mass is 281 g/mol. The van der Waals surface area contributed by atoms with E-state index in [0.717, 1.165) is 22.4 Å². The smallest absolute Gasteiger partial charge is 0.202 e. The van der Waals surface area contributed by atoms with Gasteiger partial charge >= 0.3 is 0 Å². The Hall–Kier alpha value is -2.17. The Balaban J connectivity index is 1.74. The molecule has 21 heavy (non-hydrogen) atoms. The Morgan fingerprint density at radius 3 is 2.81 bits per heavy atom. The molecular formula is C16H19N5. The molecule has 5 nitrogen and oxygen atoms in total. The van der Waals surface area contributed by atoms with Crippen LogP contribution in [-0.2, 0) is 7.05 Å². The number of H-pyrrole nitrogens is 1. The van der Waals surface area contributed by atoms with Crippen molar-refractivity contribution in [2.45, 2.75) is 38.0 Å². The van der Waals surface area contributed by atoms with Crippen molar-refractivity contribution in [3.8, 4) is 11.5 Å². The van der Waals surface area contributed by atoms with Gasteiger partial charge in [-0.05, 0) is 18.9 Å². The van der Waals surface area contributed by atoms with E-state index in [2.05, 4.69) is 27.4 Å². The highest BCUT2D eigenvalue weighted by Crippen LogP contribution is 2.32. The second kappa shape index (κ2) is 4.98. The topological polar surface area (TPSA) is 59.4 Å². The molecule has 5 heteroatoms. The van der Waals surface area contributed by atoms with Gasteiger partial charge in [0.05, 0.1) is 5.52 Å². The molecule has 0 unspecified atom stereocenters. The summed E-state index contributed by atoms with van der Waals surface area (Å²) < 4.78 is 1.89. The molecule has 0 atom stereocenters. The number of hydrogen-bond acceptors (Lipinski definition) is 3. The zero-order valence-electron chi connectivity index (χ0n) is 12.2. The number of rotatable bonds is 2. The van der Waals surface area contributed by atoms with E-state index in [1.165, 1.54) is 32.1 Å². The molecule has 0 radical (unpaired) electrons. The first-order chi connectivity index (χ1) is 10.3. The van der Waals surface area contributed by atoms with Crippen molar-refractivity contribution < 1.29 is 0 Å². The predicted molar refractivity (Wildman–Crippen MR) is 81.9 cm³/mol. The maximum atomic E-state index is 4.73. The summed E-state index contributed by atoms with van der Waals surface area (Å²) in [5, 5.41) is 13.2. The average Bonchev–Trinajstić information content (AvgIpc) is 3.14. The maximum absolute atomic E-state index is 4.73. The number of para-hydroxylation sites is 1. The molecule has 2 heterocycles. The lowest BCUT2D eigenvalue weighted by molar-refractivity contribution is 0.429. The maximum Gasteiger partial charge on any atom is 0.202 e. The Morgan fingerprint density at radius 1 is 1.14 bits per heavy atom. The first-order valence-corrected chi connectivity index (χ1v) is 7.67. The summed E-state index contributed by atoms with van der Waals surface area (Å²) in [6.07, 6.45) is 6.39. The minimum absolute atomic E-state index is 0.537. The Kier molecular flexibility index (Phi) is 2.98. The molecular weight excluding hydrogens is 262 g/mol. The second-order valence-corrected chi connectivity index (χ2v) is 5.87. The van der Waals surface area contributed by atoms with Gasteiger partial charge in [0.25, 0.3) is 0 Å². The summed E-state index contributed by atoms with van der Waals surface area (Å²) in [6.45, 7) is 0. The molecule has 3 aromatic rings. The van der Waals surface area contributed by atoms with Gasteiger partial charge < -0.3 is 0 Å². The minimum Gasteiger partial charge on any atom is -0.267 e. The number of fused-ring (bicyclic) bond motifs is 1. The minimum atomic E-state index is 0.537. The van der Waals surface area contributed by atoms with Gasteiger partial charge in [-0.25, -0.2) is 4.98 Å². The fourth-order valence-corrected chi connectivity index (χ4v) is 3.32. The van der Waals surface area contributed by atoms with Crippen molar-refractivity contribution in [3.63, 3.8) is 0 Å². The number of aromatic amines is 1. The van der Waals surface area contributed by atoms with Crippen LogP contribution in [0.1, 0.15) is 43.8 Å². The highest BCUT2D eigenvalue weighted by atomic mass is 15.3. The quantitative estimate of drug-likeness (QED) is 0.783. The molecule has 0 spiro atoms. The molecule has 1 aliphatic rings. The van der Waals surface area contributed by atoms with Crippen LogP contribution in [0.15, 0.2) is 24.3 Å². The van der Waals surface area contributed by atoms with E-state index in [-0.39, 0.29) is 0 Å². The average molecular weight is 281 g/mol. The second-order valence-electron chi connectivity index (χ2n) is 5.87. The van der Waals surface area contributed by atoms with Crippen LogP contribution in [0.4, 0.5) is 0 Å². The van der Waals surface area contributed by atoms with Crippen LogP contribution in [-0.4, -0.2) is 25.0 Å². The van der Waals surface area contributed by atoms with E-state index in [0.29, 0.717) is 11.7 Å². The molecule has 1 aliphatic carbocycles. The van der Waals surface area contributed by atoms with E-state index >= 15 is 0 Å². The van der Waals surface area contributed by atoms with Crippen LogP contribution in [0.5, 0.6) is 0 Å². The molecule has 1 fully saturated rings. The molecule has 0 aliphatic heterocycles. The SMILES string of the molecule is Cn1nc(-c2n[nH]c(C3CCCCC3)n2)c2ccccc21. The zero-order valence-corrected chi connectivity index (χ0v) is 12.2. The van der Waals surface area contributed by atoms with Crippen molar-refractivity contribution in [3.05, 3.63) is 30.1 Å². The number of aryl methyl sites for hydroxylation is 1. The number of hydrogen-bond donors (Lipinski definition) is 1. The lowest BCUT2D eigenvalue weighted by Crippen LogP contribution is -2.06. The van der Waals surface area contributed by atoms with E-state index in [1.807, 2.05) is 23.9 Å². The van der Waals surface area contributed by atoms with E-state index in [4.69, 9.17) is 4.98 Å². The lowest BCUT2D eigenvalue weighted by Gasteiger charge is -2.18. The summed E-state index contributed by atoms with van der Waals surface area (Å²) in [7, 11) is 1.96. The predicted octanol–water partition coefficient (Wildman–Crippen LogP) is 3.41. The summed E-state index contributed by atoms with van der Waals surface area (Å²) in [6, 6.07) is 8.20. The molecule has 108 valence electrons. The van der Waals surface area contributed by atoms with Crippen LogP contribution in [0.2, 0.25) is 0 Å². The fourth-order valence-electron chi connectivity index (χ4n) is 3.32. The van der Waals surface area contributed by atoms with Gasteiger partial charge in [-0.1, -0.05) is 37.5 Å². The molecule has 0 saturated heterocycles. The lowest BCUT2D eigenvalue weighted by atomic mass is 9.89. The van der Waals surface area contributed by atoms with E-state index in [9.17, 15) is 0 Å². The van der Waals surface area contributed by atoms with Crippen LogP contribution < -0.4 is 0 Å². The summed E-state index contributed by atoms with van der Waals surface area (Å²) >= 11 is 0. The molecule has 2 aromatic heterocycles. The molecule has 1 N–H and O–H groups in total. The number of nitrogens with zero attached hydrogens (tertiary/aromatic N) is 4. The Labute approximate surface area is 123 Å². The molecule has 0 amide bonds. The first-order valence-electron chi connectivity index (χ1n) is 7.67. The third kappa shape index (κ3) is 2.13. The van der Waals surface area contributed by atoms with E-state index < -0.39 is 0 Å². The summed E-state index contributed by atoms with van der Waals surface area (Å²) in [4.78, 5) is 4.73. The van der Waals surface area contributed by atoms with Gasteiger partial charge in [0, 0.05) is 18.4 Å². The van der Waals surface area contributed by atoms with Gasteiger partial charge in [-0.15, -0.1) is 0 Å². The van der Waals surface area contributed by atoms with Gasteiger partial charge in [0.15, 0.2) is 0 Å². The zero-order chi connectivity index (χ0) is 14.2. The third-order valence-electron chi connectivity index (χ3n) is 4.46. The number of aromatic nitrogens is 5. The van der Waals surface area contributed by atoms with Gasteiger partial charge in [-0.2, -0.15) is 10.2 Å². The van der Waals surface area contributed by atoms with Crippen LogP contribution in [0, 0.1) is 0 Å². The molecule has 1 saturated carbocycles. The van der Waals surface area contributed by atoms with Crippen molar-refractivity contribution >= 4 is 10.9 Å². The Bertz CT molecular complexity index is 764. The largest absolute Gasteiger partial charge is 0.267 e. The number of benzene rings is 1. The highest BCUT2D eigenvalue weighted by Gasteiger charge is 2.21. The van der Waals surface area contributed by atoms with Crippen molar-refractivity contribution in [2.24, 2.45) is 7.05 Å². The highest BCUT2D eigenvalue weighted by molar-refractivity contribution is 5.91.